The molecule has 2 fully saturated rings. The van der Waals surface area contributed by atoms with Gasteiger partial charge in [-0.15, -0.1) is 0 Å². The molecule has 9 nitrogen and oxygen atoms in total. The number of β-amino-alcohol motifs (C(OH)–C–C–N with tert-alkyl or cyclic N) is 1. The Labute approximate surface area is 226 Å². The van der Waals surface area contributed by atoms with Crippen molar-refractivity contribution in [3.8, 4) is 0 Å². The number of aliphatic hydroxyl groups excluding tert-OH is 1. The van der Waals surface area contributed by atoms with Gasteiger partial charge in [0, 0.05) is 42.3 Å². The number of amides is 2. The molecule has 1 aromatic heterocycles. The number of hydrogen-bond acceptors (Lipinski definition) is 6. The number of rotatable bonds is 8. The minimum absolute atomic E-state index is 0.00704. The van der Waals surface area contributed by atoms with Gasteiger partial charge in [0.05, 0.1) is 29.2 Å². The highest BCUT2D eigenvalue weighted by Gasteiger charge is 2.31. The van der Waals surface area contributed by atoms with E-state index < -0.39 is 18.2 Å². The van der Waals surface area contributed by atoms with E-state index in [1.54, 1.807) is 36.4 Å². The number of aryl methyl sites for hydroxylation is 1. The van der Waals surface area contributed by atoms with Crippen molar-refractivity contribution in [1.82, 2.24) is 25.1 Å². The molecular formula is C28H32ClN5O4. The first-order chi connectivity index (χ1) is 18.3. The van der Waals surface area contributed by atoms with Gasteiger partial charge in [-0.1, -0.05) is 11.6 Å². The molecule has 0 aliphatic carbocycles. The topological polar surface area (TPSA) is 119 Å². The Morgan fingerprint density at radius 3 is 2.68 bits per heavy atom. The Morgan fingerprint density at radius 2 is 2.00 bits per heavy atom. The zero-order chi connectivity index (χ0) is 26.8. The summed E-state index contributed by atoms with van der Waals surface area (Å²) < 4.78 is 0. The lowest BCUT2D eigenvalue weighted by Crippen LogP contribution is -2.40. The van der Waals surface area contributed by atoms with Crippen molar-refractivity contribution in [3.63, 3.8) is 0 Å². The molecule has 200 valence electrons. The first-order valence-corrected chi connectivity index (χ1v) is 13.4. The van der Waals surface area contributed by atoms with Crippen LogP contribution in [0.15, 0.2) is 36.4 Å². The molecule has 0 radical (unpaired) electrons. The van der Waals surface area contributed by atoms with E-state index >= 15 is 0 Å². The number of hydrogen-bond donors (Lipinski definition) is 3. The van der Waals surface area contributed by atoms with Gasteiger partial charge in [-0.25, -0.2) is 4.98 Å². The smallest absolute Gasteiger partial charge is 0.254 e. The summed E-state index contributed by atoms with van der Waals surface area (Å²) in [5, 5.41) is 13.6. The number of aldehydes is 1. The predicted octanol–water partition coefficient (Wildman–Crippen LogP) is 3.26. The van der Waals surface area contributed by atoms with E-state index in [0.29, 0.717) is 47.0 Å². The van der Waals surface area contributed by atoms with E-state index in [0.717, 1.165) is 43.3 Å². The second kappa shape index (κ2) is 11.2. The van der Waals surface area contributed by atoms with Crippen LogP contribution in [0.4, 0.5) is 0 Å². The van der Waals surface area contributed by atoms with Gasteiger partial charge in [-0.05, 0) is 74.6 Å². The molecule has 38 heavy (non-hydrogen) atoms. The van der Waals surface area contributed by atoms with Gasteiger partial charge in [-0.3, -0.25) is 14.5 Å². The van der Waals surface area contributed by atoms with Crippen molar-refractivity contribution in [1.29, 1.82) is 0 Å². The lowest BCUT2D eigenvalue weighted by atomic mass is 10.0. The van der Waals surface area contributed by atoms with E-state index in [-0.39, 0.29) is 18.2 Å². The van der Waals surface area contributed by atoms with E-state index in [9.17, 15) is 19.5 Å². The first kappa shape index (κ1) is 26.3. The number of benzene rings is 2. The van der Waals surface area contributed by atoms with Crippen LogP contribution < -0.4 is 5.32 Å². The fourth-order valence-corrected chi connectivity index (χ4v) is 5.56. The Balaban J connectivity index is 1.39. The van der Waals surface area contributed by atoms with Crippen LogP contribution in [0, 0.1) is 6.92 Å². The SMILES string of the molecule is Cc1cc(C(=O)N[C@@H](CC(C=O)N2CCC(O)C2)c2nc3ccc(Cl)cc3[nH]2)ccc1C(=O)N1CCCC1. The number of aromatic nitrogens is 2. The summed E-state index contributed by atoms with van der Waals surface area (Å²) in [6.45, 7) is 4.37. The summed E-state index contributed by atoms with van der Waals surface area (Å²) in [4.78, 5) is 50.1. The Morgan fingerprint density at radius 1 is 1.21 bits per heavy atom. The third-order valence-electron chi connectivity index (χ3n) is 7.51. The van der Waals surface area contributed by atoms with Crippen molar-refractivity contribution in [2.75, 3.05) is 26.2 Å². The summed E-state index contributed by atoms with van der Waals surface area (Å²) in [6.07, 6.45) is 3.30. The lowest BCUT2D eigenvalue weighted by molar-refractivity contribution is -0.112. The molecule has 0 saturated carbocycles. The molecule has 3 N–H and O–H groups in total. The largest absolute Gasteiger partial charge is 0.392 e. The van der Waals surface area contributed by atoms with Crippen LogP contribution in [0.1, 0.15) is 63.8 Å². The van der Waals surface area contributed by atoms with E-state index in [2.05, 4.69) is 15.3 Å². The molecule has 0 spiro atoms. The second-order valence-electron chi connectivity index (χ2n) is 10.2. The molecule has 3 atom stereocenters. The molecule has 10 heteroatoms. The second-order valence-corrected chi connectivity index (χ2v) is 10.7. The first-order valence-electron chi connectivity index (χ1n) is 13.1. The molecule has 2 saturated heterocycles. The van der Waals surface area contributed by atoms with E-state index in [1.807, 2.05) is 16.7 Å². The van der Waals surface area contributed by atoms with Crippen LogP contribution in [0.25, 0.3) is 11.0 Å². The Kier molecular flexibility index (Phi) is 7.78. The summed E-state index contributed by atoms with van der Waals surface area (Å²) >= 11 is 6.15. The lowest BCUT2D eigenvalue weighted by Gasteiger charge is -2.27. The minimum atomic E-state index is -0.604. The molecule has 2 aliphatic rings. The number of fused-ring (bicyclic) bond motifs is 1. The van der Waals surface area contributed by atoms with E-state index in [1.165, 1.54) is 0 Å². The quantitative estimate of drug-likeness (QED) is 0.380. The third-order valence-corrected chi connectivity index (χ3v) is 7.74. The maximum absolute atomic E-state index is 13.4. The standard InChI is InChI=1S/C28H32ClN5O4/c1-17-12-18(4-6-22(17)28(38)33-9-2-3-10-33)27(37)32-25(14-20(16-35)34-11-8-21(36)15-34)26-30-23-7-5-19(29)13-24(23)31-26/h4-7,12-13,16,20-21,25,36H,2-3,8-11,14-15H2,1H3,(H,30,31)(H,32,37)/t20?,21?,25-/m0/s1. The molecule has 3 aromatic rings. The maximum Gasteiger partial charge on any atom is 0.254 e. The van der Waals surface area contributed by atoms with Crippen LogP contribution in [0.2, 0.25) is 5.02 Å². The Bertz CT molecular complexity index is 1350. The highest BCUT2D eigenvalue weighted by Crippen LogP contribution is 2.26. The zero-order valence-corrected chi connectivity index (χ0v) is 22.1. The monoisotopic (exact) mass is 537 g/mol. The number of carbonyl (C=O) groups excluding carboxylic acids is 3. The van der Waals surface area contributed by atoms with Gasteiger partial charge in [0.1, 0.15) is 12.1 Å². The van der Waals surface area contributed by atoms with Crippen molar-refractivity contribution in [3.05, 3.63) is 63.9 Å². The third kappa shape index (κ3) is 5.60. The molecule has 2 aliphatic heterocycles. The van der Waals surface area contributed by atoms with Gasteiger partial charge in [0.15, 0.2) is 0 Å². The number of carbonyl (C=O) groups is 3. The molecule has 5 rings (SSSR count). The van der Waals surface area contributed by atoms with Gasteiger partial charge in [-0.2, -0.15) is 0 Å². The average molecular weight is 538 g/mol. The zero-order valence-electron chi connectivity index (χ0n) is 21.3. The molecule has 2 aromatic carbocycles. The molecule has 3 heterocycles. The van der Waals surface area contributed by atoms with Crippen LogP contribution in [0.3, 0.4) is 0 Å². The highest BCUT2D eigenvalue weighted by molar-refractivity contribution is 6.31. The Hall–Kier alpha value is -3.27. The normalized spacial score (nSPS) is 19.6. The number of halogens is 1. The number of nitrogens with one attached hydrogen (secondary N) is 2. The van der Waals surface area contributed by atoms with Crippen molar-refractivity contribution in [2.24, 2.45) is 0 Å². The average Bonchev–Trinajstić information content (AvgIpc) is 3.67. The number of H-pyrrole nitrogens is 1. The van der Waals surface area contributed by atoms with Crippen LogP contribution >= 0.6 is 11.6 Å². The summed E-state index contributed by atoms with van der Waals surface area (Å²) in [5.74, 6) is 0.176. The number of nitrogens with zero attached hydrogens (tertiary/aromatic N) is 3. The number of imidazole rings is 1. The van der Waals surface area contributed by atoms with E-state index in [4.69, 9.17) is 11.6 Å². The van der Waals surface area contributed by atoms with Crippen LogP contribution in [-0.2, 0) is 4.79 Å². The minimum Gasteiger partial charge on any atom is -0.392 e. The summed E-state index contributed by atoms with van der Waals surface area (Å²) in [5.41, 5.74) is 3.18. The highest BCUT2D eigenvalue weighted by atomic mass is 35.5. The van der Waals surface area contributed by atoms with Gasteiger partial charge < -0.3 is 25.1 Å². The number of aromatic amines is 1. The molecule has 0 bridgehead atoms. The van der Waals surface area contributed by atoms with Gasteiger partial charge >= 0.3 is 0 Å². The van der Waals surface area contributed by atoms with Gasteiger partial charge in [0.25, 0.3) is 11.8 Å². The number of likely N-dealkylation sites (tertiary alicyclic amines) is 2. The maximum atomic E-state index is 13.4. The van der Waals surface area contributed by atoms with Crippen LogP contribution in [0.5, 0.6) is 0 Å². The summed E-state index contributed by atoms with van der Waals surface area (Å²) in [7, 11) is 0. The fourth-order valence-electron chi connectivity index (χ4n) is 5.38. The fraction of sp³-hybridized carbons (Fsp3) is 0.429. The molecule has 2 amide bonds. The van der Waals surface area contributed by atoms with Crippen molar-refractivity contribution in [2.45, 2.75) is 50.8 Å². The van der Waals surface area contributed by atoms with Crippen molar-refractivity contribution < 1.29 is 19.5 Å². The summed E-state index contributed by atoms with van der Waals surface area (Å²) in [6, 6.07) is 9.30. The molecule has 2 unspecified atom stereocenters. The van der Waals surface area contributed by atoms with Crippen molar-refractivity contribution >= 4 is 40.7 Å². The van der Waals surface area contributed by atoms with Gasteiger partial charge in [0.2, 0.25) is 0 Å². The molecular weight excluding hydrogens is 506 g/mol. The van der Waals surface area contributed by atoms with Crippen LogP contribution in [-0.4, -0.2) is 81.3 Å². The number of aliphatic hydroxyl groups is 1. The predicted molar refractivity (Wildman–Crippen MR) is 144 cm³/mol.